The quantitative estimate of drug-likeness (QED) is 0.582. The molecule has 9 heteroatoms. The van der Waals surface area contributed by atoms with E-state index in [1.165, 1.54) is 6.21 Å². The summed E-state index contributed by atoms with van der Waals surface area (Å²) in [5.41, 5.74) is 3.11. The van der Waals surface area contributed by atoms with Gasteiger partial charge in [0.2, 0.25) is 16.9 Å². The van der Waals surface area contributed by atoms with Crippen molar-refractivity contribution in [3.8, 4) is 0 Å². The van der Waals surface area contributed by atoms with Gasteiger partial charge in [-0.25, -0.2) is 5.43 Å². The van der Waals surface area contributed by atoms with E-state index in [4.69, 9.17) is 11.6 Å². The summed E-state index contributed by atoms with van der Waals surface area (Å²) in [7, 11) is 0. The molecule has 0 saturated heterocycles. The maximum absolute atomic E-state index is 11.8. The van der Waals surface area contributed by atoms with Gasteiger partial charge in [-0.3, -0.25) is 9.59 Å². The van der Waals surface area contributed by atoms with Crippen molar-refractivity contribution in [1.29, 1.82) is 0 Å². The number of hydrogen-bond donors (Lipinski definition) is 2. The van der Waals surface area contributed by atoms with Crippen molar-refractivity contribution in [1.82, 2.24) is 15.6 Å². The molecular formula is C15H16ClN5O2S. The van der Waals surface area contributed by atoms with E-state index >= 15 is 0 Å². The predicted octanol–water partition coefficient (Wildman–Crippen LogP) is 2.62. The standard InChI is InChI=1S/C15H16ClN5O2S/c1-2-5-12(22)18-15-21-20-14(24-15)8-13(23)19-17-9-10-6-3-4-7-11(10)16/h3-4,6-7,9H,2,5,8H2,1H3,(H,19,23)(H,18,21,22)/b17-9+. The summed E-state index contributed by atoms with van der Waals surface area (Å²) in [5, 5.41) is 15.6. The van der Waals surface area contributed by atoms with Crippen LogP contribution in [0.2, 0.25) is 5.02 Å². The van der Waals surface area contributed by atoms with Gasteiger partial charge in [0.05, 0.1) is 12.6 Å². The molecule has 0 unspecified atom stereocenters. The number of hydrazone groups is 1. The van der Waals surface area contributed by atoms with Gasteiger partial charge in [-0.15, -0.1) is 10.2 Å². The molecule has 0 fully saturated rings. The summed E-state index contributed by atoms with van der Waals surface area (Å²) in [6.45, 7) is 1.92. The highest BCUT2D eigenvalue weighted by atomic mass is 35.5. The number of anilines is 1. The zero-order valence-corrected chi connectivity index (χ0v) is 14.5. The maximum atomic E-state index is 11.8. The fourth-order valence-electron chi connectivity index (χ4n) is 1.71. The van der Waals surface area contributed by atoms with E-state index in [1.807, 2.05) is 19.1 Å². The molecule has 0 aliphatic heterocycles. The predicted molar refractivity (Wildman–Crippen MR) is 94.3 cm³/mol. The van der Waals surface area contributed by atoms with Crippen molar-refractivity contribution in [2.45, 2.75) is 26.2 Å². The summed E-state index contributed by atoms with van der Waals surface area (Å²) < 4.78 is 0. The Bertz CT molecular complexity index is 747. The summed E-state index contributed by atoms with van der Waals surface area (Å²) in [5.74, 6) is -0.449. The van der Waals surface area contributed by atoms with Gasteiger partial charge in [0.25, 0.3) is 0 Å². The van der Waals surface area contributed by atoms with Crippen LogP contribution in [0.1, 0.15) is 30.3 Å². The first-order valence-electron chi connectivity index (χ1n) is 7.27. The fourth-order valence-corrected chi connectivity index (χ4v) is 2.65. The Balaban J connectivity index is 1.83. The lowest BCUT2D eigenvalue weighted by molar-refractivity contribution is -0.120. The van der Waals surface area contributed by atoms with Crippen LogP contribution in [0, 0.1) is 0 Å². The highest BCUT2D eigenvalue weighted by Crippen LogP contribution is 2.16. The minimum Gasteiger partial charge on any atom is -0.301 e. The van der Waals surface area contributed by atoms with Crippen LogP contribution in [0.25, 0.3) is 0 Å². The largest absolute Gasteiger partial charge is 0.301 e. The van der Waals surface area contributed by atoms with Crippen LogP contribution in [-0.4, -0.2) is 28.2 Å². The average Bonchev–Trinajstić information content (AvgIpc) is 2.96. The lowest BCUT2D eigenvalue weighted by Gasteiger charge is -1.98. The van der Waals surface area contributed by atoms with Crippen LogP contribution in [0.4, 0.5) is 5.13 Å². The van der Waals surface area contributed by atoms with Crippen molar-refractivity contribution < 1.29 is 9.59 Å². The number of halogens is 1. The Hall–Kier alpha value is -2.32. The Labute approximate surface area is 148 Å². The normalized spacial score (nSPS) is 10.8. The minimum absolute atomic E-state index is 0.0289. The topological polar surface area (TPSA) is 96.3 Å². The van der Waals surface area contributed by atoms with E-state index in [2.05, 4.69) is 26.0 Å². The van der Waals surface area contributed by atoms with Crippen molar-refractivity contribution >= 4 is 46.1 Å². The lowest BCUT2D eigenvalue weighted by atomic mass is 10.2. The molecule has 0 spiro atoms. The van der Waals surface area contributed by atoms with Gasteiger partial charge >= 0.3 is 0 Å². The van der Waals surface area contributed by atoms with Crippen LogP contribution in [0.5, 0.6) is 0 Å². The molecule has 2 aromatic rings. The molecule has 0 atom stereocenters. The van der Waals surface area contributed by atoms with Crippen molar-refractivity contribution in [2.24, 2.45) is 5.10 Å². The Morgan fingerprint density at radius 1 is 1.29 bits per heavy atom. The summed E-state index contributed by atoms with van der Waals surface area (Å²) in [6, 6.07) is 7.16. The van der Waals surface area contributed by atoms with Gasteiger partial charge in [0.15, 0.2) is 0 Å². The number of carbonyl (C=O) groups excluding carboxylic acids is 2. The number of rotatable bonds is 7. The first-order chi connectivity index (χ1) is 11.6. The van der Waals surface area contributed by atoms with E-state index in [-0.39, 0.29) is 18.2 Å². The van der Waals surface area contributed by atoms with Gasteiger partial charge in [0.1, 0.15) is 5.01 Å². The molecule has 0 aliphatic carbocycles. The molecule has 1 aromatic carbocycles. The van der Waals surface area contributed by atoms with Crippen LogP contribution in [0.15, 0.2) is 29.4 Å². The van der Waals surface area contributed by atoms with Crippen LogP contribution in [0.3, 0.4) is 0 Å². The number of aromatic nitrogens is 2. The van der Waals surface area contributed by atoms with Crippen molar-refractivity contribution in [2.75, 3.05) is 5.32 Å². The number of nitrogens with one attached hydrogen (secondary N) is 2. The van der Waals surface area contributed by atoms with Crippen LogP contribution in [-0.2, 0) is 16.0 Å². The molecule has 0 aliphatic rings. The fraction of sp³-hybridized carbons (Fsp3) is 0.267. The van der Waals surface area contributed by atoms with Crippen molar-refractivity contribution in [3.05, 3.63) is 39.9 Å². The molecule has 0 bridgehead atoms. The second-order valence-electron chi connectivity index (χ2n) is 4.79. The van der Waals surface area contributed by atoms with E-state index in [9.17, 15) is 9.59 Å². The summed E-state index contributed by atoms with van der Waals surface area (Å²) >= 11 is 7.14. The van der Waals surface area contributed by atoms with Gasteiger partial charge in [0, 0.05) is 17.0 Å². The monoisotopic (exact) mass is 365 g/mol. The number of benzene rings is 1. The number of carbonyl (C=O) groups is 2. The highest BCUT2D eigenvalue weighted by molar-refractivity contribution is 7.15. The third-order valence-corrected chi connectivity index (χ3v) is 3.98. The molecule has 2 N–H and O–H groups in total. The van der Waals surface area contributed by atoms with Gasteiger partial charge in [-0.1, -0.05) is 48.1 Å². The summed E-state index contributed by atoms with van der Waals surface area (Å²) in [4.78, 5) is 23.3. The SMILES string of the molecule is CCCC(=O)Nc1nnc(CC(=O)N/N=C/c2ccccc2Cl)s1. The third-order valence-electron chi connectivity index (χ3n) is 2.80. The molecule has 126 valence electrons. The van der Waals surface area contributed by atoms with E-state index < -0.39 is 0 Å². The first kappa shape index (κ1) is 18.0. The molecule has 7 nitrogen and oxygen atoms in total. The van der Waals surface area contributed by atoms with Gasteiger partial charge < -0.3 is 5.32 Å². The molecule has 24 heavy (non-hydrogen) atoms. The Morgan fingerprint density at radius 3 is 2.83 bits per heavy atom. The Kier molecular flexibility index (Phi) is 6.83. The molecule has 2 amide bonds. The molecule has 0 saturated carbocycles. The van der Waals surface area contributed by atoms with E-state index in [0.29, 0.717) is 27.1 Å². The van der Waals surface area contributed by atoms with Gasteiger partial charge in [-0.05, 0) is 12.5 Å². The average molecular weight is 366 g/mol. The van der Waals surface area contributed by atoms with Crippen LogP contribution >= 0.6 is 22.9 Å². The van der Waals surface area contributed by atoms with Crippen molar-refractivity contribution in [3.63, 3.8) is 0 Å². The first-order valence-corrected chi connectivity index (χ1v) is 8.46. The minimum atomic E-state index is -0.333. The molecule has 1 heterocycles. The molecule has 1 aromatic heterocycles. The molecule has 2 rings (SSSR count). The number of hydrogen-bond acceptors (Lipinski definition) is 6. The van der Waals surface area contributed by atoms with E-state index in [0.717, 1.165) is 17.8 Å². The smallest absolute Gasteiger partial charge is 0.247 e. The van der Waals surface area contributed by atoms with Crippen LogP contribution < -0.4 is 10.7 Å². The van der Waals surface area contributed by atoms with Gasteiger partial charge in [-0.2, -0.15) is 5.10 Å². The Morgan fingerprint density at radius 2 is 2.08 bits per heavy atom. The highest BCUT2D eigenvalue weighted by Gasteiger charge is 2.10. The number of nitrogens with zero attached hydrogens (tertiary/aromatic N) is 3. The second-order valence-corrected chi connectivity index (χ2v) is 6.26. The lowest BCUT2D eigenvalue weighted by Crippen LogP contribution is -2.19. The zero-order chi connectivity index (χ0) is 17.4. The second kappa shape index (κ2) is 9.09. The molecular weight excluding hydrogens is 350 g/mol. The maximum Gasteiger partial charge on any atom is 0.247 e. The van der Waals surface area contributed by atoms with E-state index in [1.54, 1.807) is 12.1 Å². The molecule has 0 radical (unpaired) electrons. The zero-order valence-electron chi connectivity index (χ0n) is 13.0. The third kappa shape index (κ3) is 5.71. The summed E-state index contributed by atoms with van der Waals surface area (Å²) in [6.07, 6.45) is 2.67. The number of amides is 2.